The molecule has 0 amide bonds. The summed E-state index contributed by atoms with van der Waals surface area (Å²) in [4.78, 5) is 3.65. The van der Waals surface area contributed by atoms with Crippen LogP contribution in [0.4, 0.5) is 4.39 Å². The first-order valence-electron chi connectivity index (χ1n) is 3.58. The Morgan fingerprint density at radius 1 is 1.45 bits per heavy atom. The van der Waals surface area contributed by atoms with Gasteiger partial charge in [-0.3, -0.25) is 4.98 Å². The molecule has 1 saturated carbocycles. The van der Waals surface area contributed by atoms with Crippen molar-refractivity contribution in [2.75, 3.05) is 0 Å². The zero-order valence-electron chi connectivity index (χ0n) is 5.85. The molecule has 0 aliphatic heterocycles. The summed E-state index contributed by atoms with van der Waals surface area (Å²) in [6.07, 6.45) is 4.83. The Balaban J connectivity index is 2.48. The molecule has 58 valence electrons. The van der Waals surface area contributed by atoms with Gasteiger partial charge in [-0.05, 0) is 18.8 Å². The van der Waals surface area contributed by atoms with Gasteiger partial charge in [0.2, 0.25) is 0 Å². The molecular weight excluding hydrogens is 165 g/mol. The van der Waals surface area contributed by atoms with Crippen LogP contribution in [-0.4, -0.2) is 4.98 Å². The van der Waals surface area contributed by atoms with Crippen molar-refractivity contribution < 1.29 is 4.39 Å². The van der Waals surface area contributed by atoms with Gasteiger partial charge in [0.05, 0.1) is 11.2 Å². The first-order valence-corrected chi connectivity index (χ1v) is 3.95. The lowest BCUT2D eigenvalue weighted by atomic mass is 10.2. The molecule has 0 spiro atoms. The molecule has 1 nitrogen and oxygen atoms in total. The number of aromatic nitrogens is 1. The minimum atomic E-state index is -0.264. The third-order valence-corrected chi connectivity index (χ3v) is 2.18. The van der Waals surface area contributed by atoms with Crippen LogP contribution < -0.4 is 0 Å². The monoisotopic (exact) mass is 171 g/mol. The highest BCUT2D eigenvalue weighted by Gasteiger charge is 2.28. The van der Waals surface area contributed by atoms with Crippen molar-refractivity contribution in [3.05, 3.63) is 28.8 Å². The van der Waals surface area contributed by atoms with Crippen LogP contribution in [-0.2, 0) is 0 Å². The number of rotatable bonds is 1. The van der Waals surface area contributed by atoms with Crippen LogP contribution in [0.5, 0.6) is 0 Å². The highest BCUT2D eigenvalue weighted by atomic mass is 35.5. The van der Waals surface area contributed by atoms with Crippen molar-refractivity contribution in [3.8, 4) is 0 Å². The standard InChI is InChI=1S/C8H7ClFN/c9-6-3-11-4-7(10)8(6)5-1-2-5/h3-5H,1-2H2. The Labute approximate surface area is 69.2 Å². The predicted molar refractivity (Wildman–Crippen MR) is 41.2 cm³/mol. The molecule has 1 fully saturated rings. The highest BCUT2D eigenvalue weighted by Crippen LogP contribution is 2.43. The SMILES string of the molecule is Fc1cncc(Cl)c1C1CC1. The Morgan fingerprint density at radius 3 is 2.73 bits per heavy atom. The summed E-state index contributed by atoms with van der Waals surface area (Å²) in [5.41, 5.74) is 0.654. The van der Waals surface area contributed by atoms with Crippen molar-refractivity contribution in [1.29, 1.82) is 0 Å². The Bertz CT molecular complexity index is 263. The van der Waals surface area contributed by atoms with E-state index in [1.165, 1.54) is 12.4 Å². The summed E-state index contributed by atoms with van der Waals surface area (Å²) in [5.74, 6) is 0.0884. The highest BCUT2D eigenvalue weighted by molar-refractivity contribution is 6.31. The molecule has 0 aromatic carbocycles. The summed E-state index contributed by atoms with van der Waals surface area (Å²) < 4.78 is 13.0. The van der Waals surface area contributed by atoms with Gasteiger partial charge in [-0.25, -0.2) is 4.39 Å². The number of hydrogen-bond acceptors (Lipinski definition) is 1. The van der Waals surface area contributed by atoms with Crippen LogP contribution in [0.25, 0.3) is 0 Å². The molecule has 0 saturated heterocycles. The smallest absolute Gasteiger partial charge is 0.146 e. The number of pyridine rings is 1. The molecule has 1 aromatic rings. The van der Waals surface area contributed by atoms with Gasteiger partial charge in [-0.1, -0.05) is 11.6 Å². The molecule has 0 N–H and O–H groups in total. The van der Waals surface area contributed by atoms with Crippen LogP contribution in [0.2, 0.25) is 5.02 Å². The first-order chi connectivity index (χ1) is 5.29. The normalized spacial score (nSPS) is 16.9. The van der Waals surface area contributed by atoms with Crippen LogP contribution in [0.1, 0.15) is 24.3 Å². The van der Waals surface area contributed by atoms with E-state index in [1.807, 2.05) is 0 Å². The van der Waals surface area contributed by atoms with Gasteiger partial charge in [0, 0.05) is 11.8 Å². The van der Waals surface area contributed by atoms with E-state index >= 15 is 0 Å². The lowest BCUT2D eigenvalue weighted by molar-refractivity contribution is 0.604. The maximum atomic E-state index is 13.0. The van der Waals surface area contributed by atoms with Crippen molar-refractivity contribution in [1.82, 2.24) is 4.98 Å². The van der Waals surface area contributed by atoms with Crippen LogP contribution in [0.3, 0.4) is 0 Å². The topological polar surface area (TPSA) is 12.9 Å². The second-order valence-electron chi connectivity index (χ2n) is 2.79. The third kappa shape index (κ3) is 1.23. The fourth-order valence-electron chi connectivity index (χ4n) is 1.18. The average Bonchev–Trinajstić information content (AvgIpc) is 2.70. The lowest BCUT2D eigenvalue weighted by Crippen LogP contribution is -1.89. The van der Waals surface area contributed by atoms with Crippen molar-refractivity contribution >= 4 is 11.6 Å². The molecule has 1 aliphatic carbocycles. The number of nitrogens with zero attached hydrogens (tertiary/aromatic N) is 1. The van der Waals surface area contributed by atoms with Crippen molar-refractivity contribution in [2.24, 2.45) is 0 Å². The van der Waals surface area contributed by atoms with Crippen molar-refractivity contribution in [2.45, 2.75) is 18.8 Å². The number of halogens is 2. The molecule has 0 radical (unpaired) electrons. The summed E-state index contributed by atoms with van der Waals surface area (Å²) in [6, 6.07) is 0. The molecule has 0 bridgehead atoms. The maximum absolute atomic E-state index is 13.0. The van der Waals surface area contributed by atoms with E-state index in [2.05, 4.69) is 4.98 Å². The first kappa shape index (κ1) is 7.04. The zero-order valence-corrected chi connectivity index (χ0v) is 6.61. The van der Waals surface area contributed by atoms with Gasteiger partial charge in [0.15, 0.2) is 0 Å². The summed E-state index contributed by atoms with van der Waals surface area (Å²) >= 11 is 5.76. The Hall–Kier alpha value is -0.630. The largest absolute Gasteiger partial charge is 0.260 e. The molecule has 11 heavy (non-hydrogen) atoms. The third-order valence-electron chi connectivity index (χ3n) is 1.88. The van der Waals surface area contributed by atoms with Crippen molar-refractivity contribution in [3.63, 3.8) is 0 Å². The predicted octanol–water partition coefficient (Wildman–Crippen LogP) is 2.75. The maximum Gasteiger partial charge on any atom is 0.146 e. The van der Waals surface area contributed by atoms with Gasteiger partial charge in [-0.15, -0.1) is 0 Å². The van der Waals surface area contributed by atoms with Gasteiger partial charge in [0.1, 0.15) is 5.82 Å². The van der Waals surface area contributed by atoms with Gasteiger partial charge >= 0.3 is 0 Å². The van der Waals surface area contributed by atoms with Crippen LogP contribution in [0.15, 0.2) is 12.4 Å². The van der Waals surface area contributed by atoms with Crippen LogP contribution in [0, 0.1) is 5.82 Å². The van der Waals surface area contributed by atoms with E-state index in [-0.39, 0.29) is 5.82 Å². The second kappa shape index (κ2) is 2.45. The Kier molecular flexibility index (Phi) is 1.57. The molecule has 0 unspecified atom stereocenters. The number of hydrogen-bond donors (Lipinski definition) is 0. The van der Waals surface area contributed by atoms with E-state index in [1.54, 1.807) is 0 Å². The van der Waals surface area contributed by atoms with E-state index in [0.29, 0.717) is 16.5 Å². The molecule has 0 atom stereocenters. The second-order valence-corrected chi connectivity index (χ2v) is 3.20. The molecule has 3 heteroatoms. The van der Waals surface area contributed by atoms with Gasteiger partial charge < -0.3 is 0 Å². The average molecular weight is 172 g/mol. The zero-order chi connectivity index (χ0) is 7.84. The molecular formula is C8H7ClFN. The fourth-order valence-corrected chi connectivity index (χ4v) is 1.48. The minimum absolute atomic E-state index is 0.264. The molecule has 2 rings (SSSR count). The fraction of sp³-hybridized carbons (Fsp3) is 0.375. The van der Waals surface area contributed by atoms with E-state index < -0.39 is 0 Å². The summed E-state index contributed by atoms with van der Waals surface area (Å²) in [6.45, 7) is 0. The quantitative estimate of drug-likeness (QED) is 0.633. The molecule has 1 heterocycles. The summed E-state index contributed by atoms with van der Waals surface area (Å²) in [5, 5.41) is 0.465. The van der Waals surface area contributed by atoms with E-state index in [9.17, 15) is 4.39 Å². The minimum Gasteiger partial charge on any atom is -0.260 e. The van der Waals surface area contributed by atoms with Crippen LogP contribution >= 0.6 is 11.6 Å². The van der Waals surface area contributed by atoms with Gasteiger partial charge in [-0.2, -0.15) is 0 Å². The molecule has 1 aromatic heterocycles. The van der Waals surface area contributed by atoms with Gasteiger partial charge in [0.25, 0.3) is 0 Å². The Morgan fingerprint density at radius 2 is 2.18 bits per heavy atom. The summed E-state index contributed by atoms with van der Waals surface area (Å²) in [7, 11) is 0. The van der Waals surface area contributed by atoms with E-state index in [4.69, 9.17) is 11.6 Å². The molecule has 1 aliphatic rings. The van der Waals surface area contributed by atoms with E-state index in [0.717, 1.165) is 12.8 Å². The lowest BCUT2D eigenvalue weighted by Gasteiger charge is -2.00.